The van der Waals surface area contributed by atoms with Crippen molar-refractivity contribution in [2.45, 2.75) is 25.2 Å². The second kappa shape index (κ2) is 8.51. The van der Waals surface area contributed by atoms with Gasteiger partial charge in [0.05, 0.1) is 0 Å². The van der Waals surface area contributed by atoms with Gasteiger partial charge in [0.25, 0.3) is 0 Å². The summed E-state index contributed by atoms with van der Waals surface area (Å²) in [6, 6.07) is 0. The van der Waals surface area contributed by atoms with E-state index in [0.717, 1.165) is 0 Å². The monoisotopic (exact) mass is 451 g/mol. The summed E-state index contributed by atoms with van der Waals surface area (Å²) in [6.07, 6.45) is -17.4. The molecule has 0 bridgehead atoms. The zero-order chi connectivity index (χ0) is 20.6. The maximum Gasteiger partial charge on any atom is -0.726 e. The van der Waals surface area contributed by atoms with E-state index in [2.05, 4.69) is 0 Å². The van der Waals surface area contributed by atoms with Crippen molar-refractivity contribution in [3.63, 3.8) is 0 Å². The van der Waals surface area contributed by atoms with Crippen molar-refractivity contribution < 1.29 is 52.7 Å². The first-order valence-electron chi connectivity index (χ1n) is 5.89. The van der Waals surface area contributed by atoms with Crippen LogP contribution < -0.4 is 0 Å². The van der Waals surface area contributed by atoms with Crippen LogP contribution in [0, 0.1) is 7.43 Å². The van der Waals surface area contributed by atoms with Crippen LogP contribution in [0.4, 0.5) is 52.7 Å². The first-order valence-corrected chi connectivity index (χ1v) is 7.96. The number of hydrogen-bond donors (Lipinski definition) is 0. The average molecular weight is 451 g/mol. The molecule has 27 heavy (non-hydrogen) atoms. The van der Waals surface area contributed by atoms with Crippen LogP contribution in [0.15, 0.2) is 24.8 Å². The molecule has 0 aromatic carbocycles. The van der Waals surface area contributed by atoms with Gasteiger partial charge in [0.2, 0.25) is 0 Å². The fourth-order valence-electron chi connectivity index (χ4n) is 1.31. The summed E-state index contributed by atoms with van der Waals surface area (Å²) in [6.45, 7) is 0. The molecule has 1 aromatic heterocycles. The van der Waals surface area contributed by atoms with E-state index in [0.29, 0.717) is 24.8 Å². The molecule has 0 atom stereocenters. The van der Waals surface area contributed by atoms with Gasteiger partial charge in [0.1, 0.15) is 0 Å². The number of nitrogens with zero attached hydrogens (tertiary/aromatic N) is 4. The van der Waals surface area contributed by atoms with Crippen LogP contribution in [0.5, 0.6) is 0 Å². The van der Waals surface area contributed by atoms with Crippen molar-refractivity contribution in [2.24, 2.45) is 0 Å². The van der Waals surface area contributed by atoms with Crippen LogP contribution in [0.2, 0.25) is 0 Å². The predicted octanol–water partition coefficient (Wildman–Crippen LogP) is 3.71. The van der Waals surface area contributed by atoms with Crippen LogP contribution >= 0.6 is 0 Å². The smallest absolute Gasteiger partial charge is 0.726 e. The molecule has 1 aromatic rings. The Morgan fingerprint density at radius 1 is 0.556 bits per heavy atom. The van der Waals surface area contributed by atoms with Crippen LogP contribution in [-0.4, -0.2) is 58.3 Å². The molecule has 4 nitrogen and oxygen atoms in total. The predicted molar refractivity (Wildman–Crippen MR) is 65.8 cm³/mol. The summed E-state index contributed by atoms with van der Waals surface area (Å²) in [5, 5.41) is 0. The summed E-state index contributed by atoms with van der Waals surface area (Å²) in [5.41, 5.74) is 0. The largest absolute Gasteiger partial charge is 0.726 e. The molecule has 0 saturated carbocycles. The molecule has 0 unspecified atom stereocenters. The van der Waals surface area contributed by atoms with E-state index >= 15 is 0 Å². The van der Waals surface area contributed by atoms with Crippen LogP contribution in [0.25, 0.3) is 0 Å². The number of hydrogen-bond acceptors (Lipinski definition) is 2. The fraction of sp³-hybridized carbons (Fsp3) is 0.444. The van der Waals surface area contributed by atoms with Gasteiger partial charge in [-0.1, -0.05) is 0 Å². The zero-order valence-corrected chi connectivity index (χ0v) is 14.7. The van der Waals surface area contributed by atoms with Gasteiger partial charge >= 0.3 is 102 Å². The van der Waals surface area contributed by atoms with E-state index in [1.54, 1.807) is 0 Å². The Morgan fingerprint density at radius 2 is 0.852 bits per heavy atom. The molecule has 1 aliphatic heterocycles. The molecular formula is C9H5Al2F12N4. The van der Waals surface area contributed by atoms with E-state index < -0.39 is 56.1 Å². The van der Waals surface area contributed by atoms with Crippen LogP contribution in [-0.2, 0) is 12.6 Å². The molecule has 0 saturated heterocycles. The number of alkyl halides is 12. The first-order chi connectivity index (χ1) is 11.4. The summed E-state index contributed by atoms with van der Waals surface area (Å²) in [5.74, 6) is 0. The Labute approximate surface area is 156 Å². The van der Waals surface area contributed by atoms with Crippen molar-refractivity contribution in [1.29, 1.82) is 0 Å². The van der Waals surface area contributed by atoms with Gasteiger partial charge in [-0.3, -0.25) is 0 Å². The minimum Gasteiger partial charge on any atom is -0.726 e. The Balaban J connectivity index is 0.000000483. The van der Waals surface area contributed by atoms with Gasteiger partial charge in [-0.25, -0.2) is 0 Å². The summed E-state index contributed by atoms with van der Waals surface area (Å²) < 4.78 is 141. The SMILES string of the molecule is FC(F)(F)[N]1C=C[N](C(F)(F)F)[Al]1.FC(F)(F)[n]1cc[n](C(F)(F)F)[Al+]1.[CH-]. The molecule has 0 amide bonds. The van der Waals surface area contributed by atoms with Crippen molar-refractivity contribution >= 4 is 30.9 Å². The Kier molecular flexibility index (Phi) is 8.16. The molecule has 18 heteroatoms. The number of rotatable bonds is 0. The molecule has 0 N–H and O–H groups in total. The molecule has 0 aliphatic carbocycles. The third kappa shape index (κ3) is 7.81. The van der Waals surface area contributed by atoms with Crippen molar-refractivity contribution in [3.8, 4) is 0 Å². The van der Waals surface area contributed by atoms with E-state index in [9.17, 15) is 52.7 Å². The minimum atomic E-state index is -4.73. The third-order valence-electron chi connectivity index (χ3n) is 2.44. The van der Waals surface area contributed by atoms with E-state index in [-0.39, 0.29) is 22.3 Å². The van der Waals surface area contributed by atoms with Gasteiger partial charge < -0.3 is 15.2 Å². The zero-order valence-electron chi connectivity index (χ0n) is 12.4. The maximum absolute atomic E-state index is 11.8. The number of halogens is 12. The first kappa shape index (κ1) is 25.9. The number of aromatic nitrogens is 2. The normalized spacial score (nSPS) is 15.0. The van der Waals surface area contributed by atoms with Gasteiger partial charge in [0, 0.05) is 0 Å². The van der Waals surface area contributed by atoms with Gasteiger partial charge in [-0.05, 0) is 12.4 Å². The van der Waals surface area contributed by atoms with Crippen molar-refractivity contribution in [1.82, 2.24) is 14.8 Å². The van der Waals surface area contributed by atoms with Gasteiger partial charge in [-0.15, -0.1) is 0 Å². The average Bonchev–Trinajstić information content (AvgIpc) is 3.06. The second-order valence-electron chi connectivity index (χ2n) is 4.33. The molecule has 0 fully saturated rings. The molecule has 3 radical (unpaired) electrons. The molecule has 0 spiro atoms. The van der Waals surface area contributed by atoms with E-state index in [1.165, 1.54) is 0 Å². The Bertz CT molecular complexity index is 578. The van der Waals surface area contributed by atoms with Gasteiger partial charge in [-0.2, -0.15) is 26.3 Å². The maximum atomic E-state index is 11.8. The molecule has 1 aliphatic rings. The van der Waals surface area contributed by atoms with Crippen molar-refractivity contribution in [2.75, 3.05) is 0 Å². The van der Waals surface area contributed by atoms with Crippen LogP contribution in [0.3, 0.4) is 0 Å². The fourth-order valence-corrected chi connectivity index (χ4v) is 2.98. The topological polar surface area (TPSA) is 16.3 Å². The molecule has 2 rings (SSSR count). The van der Waals surface area contributed by atoms with E-state index in [4.69, 9.17) is 0 Å². The minimum absolute atomic E-state index is 0. The molecular weight excluding hydrogens is 446 g/mol. The van der Waals surface area contributed by atoms with Crippen molar-refractivity contribution in [3.05, 3.63) is 32.2 Å². The van der Waals surface area contributed by atoms with Gasteiger partial charge in [0.15, 0.2) is 0 Å². The third-order valence-corrected chi connectivity index (χ3v) is 5.30. The Morgan fingerprint density at radius 3 is 1.00 bits per heavy atom. The van der Waals surface area contributed by atoms with E-state index in [1.807, 2.05) is 0 Å². The molecule has 151 valence electrons. The van der Waals surface area contributed by atoms with Crippen LogP contribution in [0.1, 0.15) is 0 Å². The summed E-state index contributed by atoms with van der Waals surface area (Å²) >= 11 is -4.03. The molecule has 2 heterocycles. The quantitative estimate of drug-likeness (QED) is 0.259. The summed E-state index contributed by atoms with van der Waals surface area (Å²) in [7, 11) is 0. The second-order valence-corrected chi connectivity index (χ2v) is 7.01. The standard InChI is InChI=1S/2C4H2F6N2.CH.2Al/c2*5-3(6,7)11-1-2-12-4(8,9)10;;;/h2*1-2H;1H;;/q2*-2;-1;+2;+3. The summed E-state index contributed by atoms with van der Waals surface area (Å²) in [4.78, 5) is 0. The Hall–Kier alpha value is -1.10.